The Balaban J connectivity index is 2.57. The molecule has 1 aromatic carbocycles. The molecule has 0 saturated carbocycles. The molecular weight excluding hydrogens is 266 g/mol. The molecule has 110 valence electrons. The molecule has 1 atom stereocenters. The first-order chi connectivity index (χ1) is 9.40. The summed E-state index contributed by atoms with van der Waals surface area (Å²) in [5.41, 5.74) is 3.68. The first kappa shape index (κ1) is 15.3. The molecule has 2 rings (SSSR count). The summed E-state index contributed by atoms with van der Waals surface area (Å²) < 4.78 is 3.15. The van der Waals surface area contributed by atoms with Crippen LogP contribution in [0, 0.1) is 17.6 Å². The van der Waals surface area contributed by atoms with E-state index in [1.54, 1.807) is 0 Å². The van der Waals surface area contributed by atoms with Crippen LogP contribution in [0.2, 0.25) is 0 Å². The average molecular weight is 291 g/mol. The molecule has 20 heavy (non-hydrogen) atoms. The van der Waals surface area contributed by atoms with Crippen LogP contribution in [0.15, 0.2) is 18.2 Å². The smallest absolute Gasteiger partial charge is 0.178 e. The van der Waals surface area contributed by atoms with Gasteiger partial charge in [-0.15, -0.1) is 0 Å². The third-order valence-electron chi connectivity index (χ3n) is 3.62. The summed E-state index contributed by atoms with van der Waals surface area (Å²) in [6, 6.07) is 6.75. The number of hydrogen-bond donors (Lipinski definition) is 1. The lowest BCUT2D eigenvalue weighted by molar-refractivity contribution is 0.291. The minimum atomic E-state index is 0.410. The number of rotatable bonds is 5. The van der Waals surface area contributed by atoms with E-state index >= 15 is 0 Å². The first-order valence-corrected chi connectivity index (χ1v) is 7.65. The molecule has 1 aromatic heterocycles. The van der Waals surface area contributed by atoms with Crippen LogP contribution in [0.5, 0.6) is 0 Å². The molecule has 0 bridgehead atoms. The molecule has 0 radical (unpaired) electrons. The van der Waals surface area contributed by atoms with Gasteiger partial charge < -0.3 is 14.5 Å². The Labute approximate surface area is 126 Å². The van der Waals surface area contributed by atoms with Crippen molar-refractivity contribution in [1.82, 2.24) is 14.5 Å². The standard InChI is InChI=1S/C16H25N3S/c1-11(2)9-13(10-18(4)5)19-15-12(3)7-6-8-14(15)17-16(19)20/h6-8,11,13H,9-10H2,1-5H3,(H,17,20). The molecule has 3 nitrogen and oxygen atoms in total. The number of aromatic nitrogens is 2. The minimum absolute atomic E-state index is 0.410. The van der Waals surface area contributed by atoms with Gasteiger partial charge in [0.2, 0.25) is 0 Å². The SMILES string of the molecule is Cc1cccc2[nH]c(=S)n(C(CC(C)C)CN(C)C)c12. The van der Waals surface area contributed by atoms with Gasteiger partial charge in [-0.3, -0.25) is 0 Å². The zero-order chi connectivity index (χ0) is 14.9. The van der Waals surface area contributed by atoms with Gasteiger partial charge in [0.15, 0.2) is 4.77 Å². The number of aromatic amines is 1. The summed E-state index contributed by atoms with van der Waals surface area (Å²) in [5, 5.41) is 0. The molecule has 4 heteroatoms. The van der Waals surface area contributed by atoms with Gasteiger partial charge in [0.05, 0.1) is 11.0 Å². The number of fused-ring (bicyclic) bond motifs is 1. The van der Waals surface area contributed by atoms with Gasteiger partial charge in [-0.2, -0.15) is 0 Å². The van der Waals surface area contributed by atoms with Gasteiger partial charge in [0, 0.05) is 12.6 Å². The molecule has 0 aliphatic carbocycles. The second-order valence-corrected chi connectivity index (χ2v) is 6.70. The van der Waals surface area contributed by atoms with Crippen molar-refractivity contribution in [3.63, 3.8) is 0 Å². The maximum absolute atomic E-state index is 5.58. The Morgan fingerprint density at radius 2 is 2.00 bits per heavy atom. The molecule has 1 unspecified atom stereocenters. The molecule has 2 aromatic rings. The van der Waals surface area contributed by atoms with Crippen LogP contribution in [0.25, 0.3) is 11.0 Å². The molecular formula is C16H25N3S. The van der Waals surface area contributed by atoms with E-state index in [-0.39, 0.29) is 0 Å². The van der Waals surface area contributed by atoms with Crippen molar-refractivity contribution in [3.05, 3.63) is 28.5 Å². The molecule has 0 spiro atoms. The van der Waals surface area contributed by atoms with Gasteiger partial charge >= 0.3 is 0 Å². The lowest BCUT2D eigenvalue weighted by Crippen LogP contribution is -2.26. The predicted molar refractivity (Wildman–Crippen MR) is 88.9 cm³/mol. The van der Waals surface area contributed by atoms with Gasteiger partial charge in [-0.1, -0.05) is 26.0 Å². The Hall–Kier alpha value is -1.13. The highest BCUT2D eigenvalue weighted by Crippen LogP contribution is 2.26. The fraction of sp³-hybridized carbons (Fsp3) is 0.562. The topological polar surface area (TPSA) is 24.0 Å². The largest absolute Gasteiger partial charge is 0.331 e. The molecule has 0 aliphatic heterocycles. The fourth-order valence-electron chi connectivity index (χ4n) is 2.93. The molecule has 0 amide bonds. The van der Waals surface area contributed by atoms with Crippen LogP contribution >= 0.6 is 12.2 Å². The molecule has 1 N–H and O–H groups in total. The van der Waals surface area contributed by atoms with E-state index in [2.05, 4.69) is 67.5 Å². The maximum Gasteiger partial charge on any atom is 0.178 e. The normalized spacial score (nSPS) is 13.6. The summed E-state index contributed by atoms with van der Waals surface area (Å²) in [4.78, 5) is 5.60. The second-order valence-electron chi connectivity index (χ2n) is 6.32. The summed E-state index contributed by atoms with van der Waals surface area (Å²) in [6.45, 7) is 7.71. The van der Waals surface area contributed by atoms with Gasteiger partial charge in [-0.25, -0.2) is 0 Å². The van der Waals surface area contributed by atoms with Crippen molar-refractivity contribution >= 4 is 23.3 Å². The Morgan fingerprint density at radius 3 is 2.60 bits per heavy atom. The highest BCUT2D eigenvalue weighted by atomic mass is 32.1. The minimum Gasteiger partial charge on any atom is -0.331 e. The number of aryl methyl sites for hydroxylation is 1. The van der Waals surface area contributed by atoms with Gasteiger partial charge in [0.1, 0.15) is 0 Å². The number of likely N-dealkylation sites (N-methyl/N-ethyl adjacent to an activating group) is 1. The quantitative estimate of drug-likeness (QED) is 0.837. The molecule has 0 fully saturated rings. The molecule has 0 saturated heterocycles. The van der Waals surface area contributed by atoms with Crippen molar-refractivity contribution in [2.75, 3.05) is 20.6 Å². The zero-order valence-electron chi connectivity index (χ0n) is 13.1. The van der Waals surface area contributed by atoms with Crippen LogP contribution in [0.1, 0.15) is 31.9 Å². The first-order valence-electron chi connectivity index (χ1n) is 7.24. The third-order valence-corrected chi connectivity index (χ3v) is 3.92. The summed E-state index contributed by atoms with van der Waals surface area (Å²) in [7, 11) is 4.25. The maximum atomic E-state index is 5.58. The lowest BCUT2D eigenvalue weighted by atomic mass is 10.0. The van der Waals surface area contributed by atoms with E-state index in [0.29, 0.717) is 12.0 Å². The predicted octanol–water partition coefficient (Wildman–Crippen LogP) is 4.16. The van der Waals surface area contributed by atoms with Crippen LogP contribution in [-0.2, 0) is 0 Å². The van der Waals surface area contributed by atoms with Crippen molar-refractivity contribution in [2.24, 2.45) is 5.92 Å². The van der Waals surface area contributed by atoms with E-state index < -0.39 is 0 Å². The van der Waals surface area contributed by atoms with E-state index in [0.717, 1.165) is 23.3 Å². The van der Waals surface area contributed by atoms with Gasteiger partial charge in [-0.05, 0) is 57.2 Å². The van der Waals surface area contributed by atoms with Crippen molar-refractivity contribution < 1.29 is 0 Å². The van der Waals surface area contributed by atoms with Crippen LogP contribution < -0.4 is 0 Å². The molecule has 0 aliphatic rings. The summed E-state index contributed by atoms with van der Waals surface area (Å²) >= 11 is 5.58. The molecule has 1 heterocycles. The van der Waals surface area contributed by atoms with E-state index in [9.17, 15) is 0 Å². The van der Waals surface area contributed by atoms with E-state index in [1.165, 1.54) is 11.1 Å². The highest BCUT2D eigenvalue weighted by molar-refractivity contribution is 7.71. The van der Waals surface area contributed by atoms with Crippen LogP contribution in [0.3, 0.4) is 0 Å². The number of para-hydroxylation sites is 1. The highest BCUT2D eigenvalue weighted by Gasteiger charge is 2.18. The third kappa shape index (κ3) is 3.13. The second kappa shape index (κ2) is 6.10. The van der Waals surface area contributed by atoms with Crippen molar-refractivity contribution in [3.8, 4) is 0 Å². The fourth-order valence-corrected chi connectivity index (χ4v) is 3.28. The number of benzene rings is 1. The Bertz CT molecular complexity index is 627. The van der Waals surface area contributed by atoms with Gasteiger partial charge in [0.25, 0.3) is 0 Å². The number of H-pyrrole nitrogens is 1. The zero-order valence-corrected chi connectivity index (χ0v) is 13.9. The van der Waals surface area contributed by atoms with E-state index in [1.807, 2.05) is 0 Å². The van der Waals surface area contributed by atoms with Crippen molar-refractivity contribution in [1.29, 1.82) is 0 Å². The lowest BCUT2D eigenvalue weighted by Gasteiger charge is -2.25. The van der Waals surface area contributed by atoms with Crippen LogP contribution in [-0.4, -0.2) is 35.1 Å². The number of imidazole rings is 1. The average Bonchev–Trinajstić information content (AvgIpc) is 2.64. The van der Waals surface area contributed by atoms with Crippen molar-refractivity contribution in [2.45, 2.75) is 33.2 Å². The number of nitrogens with zero attached hydrogens (tertiary/aromatic N) is 2. The Morgan fingerprint density at radius 1 is 1.30 bits per heavy atom. The number of hydrogen-bond acceptors (Lipinski definition) is 2. The summed E-state index contributed by atoms with van der Waals surface area (Å²) in [5.74, 6) is 0.649. The van der Waals surface area contributed by atoms with E-state index in [4.69, 9.17) is 12.2 Å². The van der Waals surface area contributed by atoms with Crippen LogP contribution in [0.4, 0.5) is 0 Å². The number of nitrogens with one attached hydrogen (secondary N) is 1. The monoisotopic (exact) mass is 291 g/mol. The summed E-state index contributed by atoms with van der Waals surface area (Å²) in [6.07, 6.45) is 1.13. The Kier molecular flexibility index (Phi) is 4.66.